The minimum atomic E-state index is 0.981. The summed E-state index contributed by atoms with van der Waals surface area (Å²) < 4.78 is 4.50. The number of hydrogen-bond donors (Lipinski definition) is 0. The molecular weight excluding hydrogens is 390 g/mol. The van der Waals surface area contributed by atoms with Gasteiger partial charge in [0.2, 0.25) is 0 Å². The van der Waals surface area contributed by atoms with Gasteiger partial charge < -0.3 is 0 Å². The Morgan fingerprint density at radius 1 is 0.531 bits per heavy atom. The first-order chi connectivity index (χ1) is 15.9. The van der Waals surface area contributed by atoms with Crippen LogP contribution in [0.15, 0.2) is 116 Å². The Balaban J connectivity index is 1.70. The van der Waals surface area contributed by atoms with Gasteiger partial charge in [-0.2, -0.15) is 0 Å². The fraction of sp³-hybridized carbons (Fsp3) is 0. The maximum Gasteiger partial charge on any atom is 0.148 e. The lowest BCUT2D eigenvalue weighted by Crippen LogP contribution is -2.34. The molecule has 4 aromatic carbocycles. The highest BCUT2D eigenvalue weighted by molar-refractivity contribution is 6.06. The molecule has 0 saturated carbocycles. The second-order valence-corrected chi connectivity index (χ2v) is 8.13. The van der Waals surface area contributed by atoms with Gasteiger partial charge in [-0.05, 0) is 11.1 Å². The quantitative estimate of drug-likeness (QED) is 0.309. The van der Waals surface area contributed by atoms with E-state index in [-0.39, 0.29) is 0 Å². The number of benzene rings is 4. The molecule has 0 fully saturated rings. The monoisotopic (exact) mass is 409 g/mol. The van der Waals surface area contributed by atoms with Crippen molar-refractivity contribution in [2.24, 2.45) is 0 Å². The van der Waals surface area contributed by atoms with Crippen LogP contribution in [0.1, 0.15) is 0 Å². The summed E-state index contributed by atoms with van der Waals surface area (Å²) in [6.45, 7) is 0. The zero-order chi connectivity index (χ0) is 21.1. The van der Waals surface area contributed by atoms with Gasteiger partial charge in [0.15, 0.2) is 0 Å². The van der Waals surface area contributed by atoms with Crippen LogP contribution >= 0.6 is 0 Å². The first-order valence-corrected chi connectivity index (χ1v) is 10.8. The van der Waals surface area contributed by atoms with Gasteiger partial charge in [-0.25, -0.2) is 4.98 Å². The van der Waals surface area contributed by atoms with Gasteiger partial charge >= 0.3 is 0 Å². The van der Waals surface area contributed by atoms with Gasteiger partial charge in [-0.15, -0.1) is 0 Å². The number of hydrogen-bond acceptors (Lipinski definition) is 0. The Kier molecular flexibility index (Phi) is 3.55. The minimum Gasteiger partial charge on any atom is -0.285 e. The van der Waals surface area contributed by atoms with E-state index < -0.39 is 0 Å². The third-order valence-corrected chi connectivity index (χ3v) is 6.32. The van der Waals surface area contributed by atoms with Gasteiger partial charge in [0.05, 0.1) is 17.7 Å². The van der Waals surface area contributed by atoms with Crippen molar-refractivity contribution in [2.45, 2.75) is 0 Å². The first-order valence-electron chi connectivity index (χ1n) is 10.8. The molecule has 3 heteroatoms. The topological polar surface area (TPSA) is 22.4 Å². The van der Waals surface area contributed by atoms with Gasteiger partial charge in [0, 0.05) is 21.5 Å². The summed E-state index contributed by atoms with van der Waals surface area (Å²) in [4.78, 5) is 5.25. The molecule has 3 heterocycles. The van der Waals surface area contributed by atoms with Crippen molar-refractivity contribution >= 4 is 27.2 Å². The van der Waals surface area contributed by atoms with Gasteiger partial charge in [0.25, 0.3) is 0 Å². The molecule has 0 atom stereocenters. The fourth-order valence-electron chi connectivity index (χ4n) is 4.95. The number of aromatic nitrogens is 3. The van der Waals surface area contributed by atoms with E-state index in [2.05, 4.69) is 124 Å². The molecule has 0 unspecified atom stereocenters. The van der Waals surface area contributed by atoms with Crippen LogP contribution in [0.5, 0.6) is 0 Å². The van der Waals surface area contributed by atoms with E-state index in [1.807, 2.05) is 0 Å². The van der Waals surface area contributed by atoms with Crippen LogP contribution in [0.4, 0.5) is 0 Å². The van der Waals surface area contributed by atoms with Crippen molar-refractivity contribution in [3.8, 4) is 28.3 Å². The van der Waals surface area contributed by atoms with Crippen LogP contribution in [0.3, 0.4) is 0 Å². The maximum absolute atomic E-state index is 5.25. The molecule has 5 aromatic rings. The molecule has 1 aromatic heterocycles. The fourth-order valence-corrected chi connectivity index (χ4v) is 4.95. The smallest absolute Gasteiger partial charge is 0.148 e. The van der Waals surface area contributed by atoms with Crippen molar-refractivity contribution in [1.82, 2.24) is 9.38 Å². The third kappa shape index (κ3) is 2.33. The number of nitrogens with zero attached hydrogens (tertiary/aromatic N) is 3. The minimum absolute atomic E-state index is 0.981. The van der Waals surface area contributed by atoms with E-state index in [0.29, 0.717) is 0 Å². The summed E-state index contributed by atoms with van der Waals surface area (Å²) in [6.07, 6.45) is 2.21. The summed E-state index contributed by atoms with van der Waals surface area (Å²) in [6, 6.07) is 38.3. The highest BCUT2D eigenvalue weighted by Gasteiger charge is 2.22. The highest BCUT2D eigenvalue weighted by Crippen LogP contribution is 2.36. The molecule has 7 rings (SSSR count). The highest BCUT2D eigenvalue weighted by atomic mass is 15.2. The van der Waals surface area contributed by atoms with Crippen LogP contribution in [-0.4, -0.2) is 4.40 Å². The van der Waals surface area contributed by atoms with E-state index in [0.717, 1.165) is 11.5 Å². The molecule has 0 saturated heterocycles. The molecule has 2 aliphatic heterocycles. The van der Waals surface area contributed by atoms with Crippen LogP contribution in [0, 0.1) is 0 Å². The largest absolute Gasteiger partial charge is 0.285 e. The Morgan fingerprint density at radius 3 is 1.81 bits per heavy atom. The molecule has 32 heavy (non-hydrogen) atoms. The Labute approximate surface area is 185 Å². The van der Waals surface area contributed by atoms with E-state index >= 15 is 0 Å². The first kappa shape index (κ1) is 17.3. The zero-order valence-electron chi connectivity index (χ0n) is 17.3. The lowest BCUT2D eigenvalue weighted by atomic mass is 10.1. The summed E-state index contributed by atoms with van der Waals surface area (Å²) >= 11 is 0. The molecule has 3 nitrogen and oxygen atoms in total. The lowest BCUT2D eigenvalue weighted by Gasteiger charge is -2.12. The van der Waals surface area contributed by atoms with Crippen LogP contribution in [0.25, 0.3) is 55.5 Å². The van der Waals surface area contributed by atoms with Crippen molar-refractivity contribution in [3.63, 3.8) is 0 Å². The maximum atomic E-state index is 5.25. The summed E-state index contributed by atoms with van der Waals surface area (Å²) in [5.41, 5.74) is 5.69. The second kappa shape index (κ2) is 6.56. The van der Waals surface area contributed by atoms with Gasteiger partial charge in [-0.1, -0.05) is 109 Å². The normalized spacial score (nSPS) is 11.8. The molecule has 0 amide bonds. The average Bonchev–Trinajstić information content (AvgIpc) is 3.36. The Bertz CT molecular complexity index is 1700. The number of rotatable bonds is 2. The SMILES string of the molecule is c1ccc(-c2c3ccccc3c3[n-]c4c5ccccc5c(-c5ccccc5)[n+]-4cn23)cc1. The Morgan fingerprint density at radius 2 is 1.09 bits per heavy atom. The summed E-state index contributed by atoms with van der Waals surface area (Å²) in [7, 11) is 0. The van der Waals surface area contributed by atoms with Crippen LogP contribution < -0.4 is 9.55 Å². The Hall–Kier alpha value is -4.37. The number of fused-ring (bicyclic) bond motifs is 6. The van der Waals surface area contributed by atoms with E-state index in [1.54, 1.807) is 0 Å². The van der Waals surface area contributed by atoms with Gasteiger partial charge in [0.1, 0.15) is 11.5 Å². The molecule has 0 N–H and O–H groups in total. The van der Waals surface area contributed by atoms with E-state index in [1.165, 1.54) is 44.1 Å². The molecule has 0 spiro atoms. The predicted molar refractivity (Wildman–Crippen MR) is 129 cm³/mol. The lowest BCUT2D eigenvalue weighted by molar-refractivity contribution is -0.587. The molecule has 0 aliphatic carbocycles. The molecule has 150 valence electrons. The van der Waals surface area contributed by atoms with Crippen molar-refractivity contribution < 1.29 is 4.57 Å². The summed E-state index contributed by atoms with van der Waals surface area (Å²) in [5, 5.41) is 4.76. The van der Waals surface area contributed by atoms with E-state index in [9.17, 15) is 0 Å². The van der Waals surface area contributed by atoms with Crippen molar-refractivity contribution in [2.75, 3.05) is 0 Å². The summed E-state index contributed by atoms with van der Waals surface area (Å²) in [5.74, 6) is 0.981. The molecule has 0 radical (unpaired) electrons. The standard InChI is InChI=1S/C29H19N3/c1-3-11-20(12-4-1)26-22-15-7-9-17-24(22)28-30-29-25-18-10-8-16-23(25)27(32(29)19-31(26)28)21-13-5-2-6-14-21/h1-19H. The van der Waals surface area contributed by atoms with Gasteiger partial charge in [-0.3, -0.25) is 8.97 Å². The molecule has 0 bridgehead atoms. The van der Waals surface area contributed by atoms with E-state index in [4.69, 9.17) is 4.98 Å². The van der Waals surface area contributed by atoms with Crippen LogP contribution in [-0.2, 0) is 0 Å². The average molecular weight is 409 g/mol. The third-order valence-electron chi connectivity index (χ3n) is 6.32. The molecular formula is C29H19N3. The van der Waals surface area contributed by atoms with Crippen molar-refractivity contribution in [1.29, 1.82) is 0 Å². The molecule has 2 aliphatic rings. The van der Waals surface area contributed by atoms with Crippen molar-refractivity contribution in [3.05, 3.63) is 116 Å². The predicted octanol–water partition coefficient (Wildman–Crippen LogP) is 6.25. The zero-order valence-corrected chi connectivity index (χ0v) is 17.3. The van der Waals surface area contributed by atoms with Crippen LogP contribution in [0.2, 0.25) is 0 Å². The second-order valence-electron chi connectivity index (χ2n) is 8.13.